The van der Waals surface area contributed by atoms with Crippen LogP contribution in [0.2, 0.25) is 0 Å². The molecule has 0 aromatic rings. The monoisotopic (exact) mass is 539 g/mol. The van der Waals surface area contributed by atoms with Crippen LogP contribution in [0, 0.1) is 0 Å². The van der Waals surface area contributed by atoms with Gasteiger partial charge in [0.05, 0.1) is 31.3 Å². The minimum Gasteiger partial charge on any atom is -0.388 e. The lowest BCUT2D eigenvalue weighted by Crippen LogP contribution is -2.57. The molecule has 5 aliphatic rings. The van der Waals surface area contributed by atoms with Crippen molar-refractivity contribution >= 4 is 17.7 Å². The van der Waals surface area contributed by atoms with Gasteiger partial charge in [-0.15, -0.1) is 0 Å². The largest absolute Gasteiger partial charge is 0.388 e. The van der Waals surface area contributed by atoms with E-state index in [-0.39, 0.29) is 62.0 Å². The topological polar surface area (TPSA) is 153 Å². The molecule has 0 aliphatic carbocycles. The van der Waals surface area contributed by atoms with E-state index in [4.69, 9.17) is 14.2 Å². The standard InChI is InChI=1S/C25H41N5O8/c1-36-14-22(32)29-12-17-11-28(6-7-37-17)25(35)18-8-15(10-30(18)16-2-4-26-5-3-16)27-21(31)9-19-23(33)24(34)20(13-29)38-19/h15-20,23-24,26,33-34H,2-14H2,1H3,(H,27,31)/t15-,17-,18-,19-,20+,23-,24+/m0/s1. The van der Waals surface area contributed by atoms with Crippen molar-refractivity contribution in [3.63, 3.8) is 0 Å². The summed E-state index contributed by atoms with van der Waals surface area (Å²) in [6.07, 6.45) is -2.43. The quantitative estimate of drug-likeness (QED) is 0.290. The predicted molar refractivity (Wildman–Crippen MR) is 133 cm³/mol. The highest BCUT2D eigenvalue weighted by atomic mass is 16.5. The SMILES string of the molecule is COCC(=O)N1C[C@@H]2CN(CCO2)C(=O)[C@@H]2C[C@@H](CN2C2CCNCC2)NC(=O)C[C@@H]2O[C@H](C1)[C@@H](O)[C@H]2O. The number of carbonyl (C=O) groups excluding carboxylic acids is 3. The average Bonchev–Trinajstić information content (AvgIpc) is 3.44. The van der Waals surface area contributed by atoms with Crippen molar-refractivity contribution in [2.24, 2.45) is 0 Å². The highest BCUT2D eigenvalue weighted by Gasteiger charge is 2.47. The lowest BCUT2D eigenvalue weighted by molar-refractivity contribution is -0.149. The highest BCUT2D eigenvalue weighted by Crippen LogP contribution is 2.29. The van der Waals surface area contributed by atoms with E-state index in [0.29, 0.717) is 32.7 Å². The van der Waals surface area contributed by atoms with E-state index in [2.05, 4.69) is 15.5 Å². The molecule has 214 valence electrons. The Morgan fingerprint density at radius 2 is 1.84 bits per heavy atom. The molecular weight excluding hydrogens is 498 g/mol. The summed E-state index contributed by atoms with van der Waals surface area (Å²) < 4.78 is 16.9. The number of aliphatic hydroxyl groups is 2. The van der Waals surface area contributed by atoms with Gasteiger partial charge in [-0.05, 0) is 32.4 Å². The summed E-state index contributed by atoms with van der Waals surface area (Å²) in [6, 6.07) is -0.289. The van der Waals surface area contributed by atoms with Crippen LogP contribution < -0.4 is 10.6 Å². The predicted octanol–water partition coefficient (Wildman–Crippen LogP) is -3.11. The number of nitrogens with zero attached hydrogens (tertiary/aromatic N) is 3. The molecule has 0 aromatic carbocycles. The normalized spacial score (nSPS) is 37.9. The van der Waals surface area contributed by atoms with Gasteiger partial charge in [-0.25, -0.2) is 0 Å². The Hall–Kier alpha value is -1.87. The molecule has 7 atom stereocenters. The van der Waals surface area contributed by atoms with Crippen molar-refractivity contribution in [1.82, 2.24) is 25.3 Å². The molecule has 5 aliphatic heterocycles. The fourth-order valence-electron chi connectivity index (χ4n) is 6.56. The molecule has 3 amide bonds. The molecule has 0 aromatic heterocycles. The number of likely N-dealkylation sites (tertiary alicyclic amines) is 1. The second kappa shape index (κ2) is 12.1. The Bertz CT molecular complexity index is 873. The van der Waals surface area contributed by atoms with Crippen LogP contribution >= 0.6 is 0 Å². The third kappa shape index (κ3) is 5.98. The van der Waals surface area contributed by atoms with Crippen LogP contribution in [-0.2, 0) is 28.6 Å². The Labute approximate surface area is 222 Å². The molecule has 5 saturated heterocycles. The molecule has 0 spiro atoms. The van der Waals surface area contributed by atoms with Crippen molar-refractivity contribution in [2.75, 3.05) is 66.1 Å². The summed E-state index contributed by atoms with van der Waals surface area (Å²) in [7, 11) is 1.42. The van der Waals surface area contributed by atoms with Crippen molar-refractivity contribution < 1.29 is 38.8 Å². The van der Waals surface area contributed by atoms with Crippen LogP contribution in [-0.4, -0.2) is 157 Å². The van der Waals surface area contributed by atoms with E-state index in [1.165, 1.54) is 12.0 Å². The van der Waals surface area contributed by atoms with Crippen LogP contribution in [0.1, 0.15) is 25.7 Å². The molecule has 13 nitrogen and oxygen atoms in total. The number of rotatable bonds is 3. The van der Waals surface area contributed by atoms with Gasteiger partial charge in [0.1, 0.15) is 24.9 Å². The smallest absolute Gasteiger partial charge is 0.248 e. The fourth-order valence-corrected chi connectivity index (χ4v) is 6.56. The first-order valence-electron chi connectivity index (χ1n) is 13.8. The zero-order valence-corrected chi connectivity index (χ0v) is 22.0. The van der Waals surface area contributed by atoms with Crippen molar-refractivity contribution in [2.45, 2.75) is 74.3 Å². The second-order valence-electron chi connectivity index (χ2n) is 11.1. The molecule has 38 heavy (non-hydrogen) atoms. The van der Waals surface area contributed by atoms with Gasteiger partial charge in [0.2, 0.25) is 17.7 Å². The average molecular weight is 540 g/mol. The summed E-state index contributed by atoms with van der Waals surface area (Å²) in [4.78, 5) is 45.3. The van der Waals surface area contributed by atoms with Crippen LogP contribution in [0.15, 0.2) is 0 Å². The number of carbonyl (C=O) groups is 3. The Balaban J connectivity index is 1.40. The Kier molecular flexibility index (Phi) is 8.82. The van der Waals surface area contributed by atoms with Crippen LogP contribution in [0.25, 0.3) is 0 Å². The van der Waals surface area contributed by atoms with Crippen molar-refractivity contribution in [1.29, 1.82) is 0 Å². The van der Waals surface area contributed by atoms with Gasteiger partial charge in [0.15, 0.2) is 0 Å². The number of hydrogen-bond acceptors (Lipinski definition) is 10. The lowest BCUT2D eigenvalue weighted by Gasteiger charge is -2.40. The van der Waals surface area contributed by atoms with Gasteiger partial charge in [0, 0.05) is 51.9 Å². The molecule has 0 saturated carbocycles. The summed E-state index contributed by atoms with van der Waals surface area (Å²) in [5, 5.41) is 27.7. The first kappa shape index (κ1) is 27.7. The van der Waals surface area contributed by atoms with Crippen LogP contribution in [0.3, 0.4) is 0 Å². The van der Waals surface area contributed by atoms with E-state index in [1.54, 1.807) is 0 Å². The van der Waals surface area contributed by atoms with Gasteiger partial charge in [0.25, 0.3) is 0 Å². The molecule has 5 fully saturated rings. The summed E-state index contributed by atoms with van der Waals surface area (Å²) in [5.41, 5.74) is 0. The number of methoxy groups -OCH3 is 1. The highest BCUT2D eigenvalue weighted by molar-refractivity contribution is 5.83. The molecule has 13 heteroatoms. The van der Waals surface area contributed by atoms with Crippen LogP contribution in [0.5, 0.6) is 0 Å². The minimum atomic E-state index is -1.26. The van der Waals surface area contributed by atoms with Gasteiger partial charge in [-0.3, -0.25) is 19.3 Å². The van der Waals surface area contributed by atoms with Gasteiger partial charge in [-0.2, -0.15) is 0 Å². The molecular formula is C25H41N5O8. The number of piperidine rings is 1. The Morgan fingerprint density at radius 1 is 1.08 bits per heavy atom. The maximum Gasteiger partial charge on any atom is 0.248 e. The first-order chi connectivity index (χ1) is 18.3. The van der Waals surface area contributed by atoms with Crippen molar-refractivity contribution in [3.05, 3.63) is 0 Å². The van der Waals surface area contributed by atoms with Gasteiger partial charge < -0.3 is 44.9 Å². The summed E-state index contributed by atoms with van der Waals surface area (Å²) >= 11 is 0. The number of aliphatic hydroxyl groups excluding tert-OH is 2. The van der Waals surface area contributed by atoms with E-state index in [1.807, 2.05) is 4.90 Å². The second-order valence-corrected chi connectivity index (χ2v) is 11.1. The first-order valence-corrected chi connectivity index (χ1v) is 13.8. The van der Waals surface area contributed by atoms with E-state index in [9.17, 15) is 24.6 Å². The molecule has 0 radical (unpaired) electrons. The third-order valence-electron chi connectivity index (χ3n) is 8.51. The van der Waals surface area contributed by atoms with E-state index >= 15 is 0 Å². The molecule has 4 N–H and O–H groups in total. The Morgan fingerprint density at radius 3 is 2.61 bits per heavy atom. The zero-order valence-electron chi connectivity index (χ0n) is 22.0. The molecule has 6 bridgehead atoms. The summed E-state index contributed by atoms with van der Waals surface area (Å²) in [6.45, 7) is 3.55. The van der Waals surface area contributed by atoms with Gasteiger partial charge in [-0.1, -0.05) is 0 Å². The third-order valence-corrected chi connectivity index (χ3v) is 8.51. The molecule has 5 heterocycles. The number of amides is 3. The fraction of sp³-hybridized carbons (Fsp3) is 0.880. The van der Waals surface area contributed by atoms with E-state index in [0.717, 1.165) is 25.9 Å². The molecule has 0 unspecified atom stereocenters. The molecule has 5 rings (SSSR count). The number of nitrogens with one attached hydrogen (secondary N) is 2. The number of morpholine rings is 1. The zero-order chi connectivity index (χ0) is 26.8. The number of hydrogen-bond donors (Lipinski definition) is 4. The van der Waals surface area contributed by atoms with E-state index < -0.39 is 30.5 Å². The van der Waals surface area contributed by atoms with Crippen molar-refractivity contribution in [3.8, 4) is 0 Å². The maximum atomic E-state index is 13.9. The maximum absolute atomic E-state index is 13.9. The number of ether oxygens (including phenoxy) is 3. The number of fused-ring (bicyclic) bond motifs is 6. The van der Waals surface area contributed by atoms with Crippen LogP contribution in [0.4, 0.5) is 0 Å². The minimum absolute atomic E-state index is 0.00108. The summed E-state index contributed by atoms with van der Waals surface area (Å²) in [5.74, 6) is -0.580. The lowest BCUT2D eigenvalue weighted by atomic mass is 10.0. The van der Waals surface area contributed by atoms with Gasteiger partial charge >= 0.3 is 0 Å².